The minimum absolute atomic E-state index is 0.418. The van der Waals surface area contributed by atoms with Gasteiger partial charge in [0, 0.05) is 12.4 Å². The second-order valence-corrected chi connectivity index (χ2v) is 3.84. The van der Waals surface area contributed by atoms with Gasteiger partial charge in [-0.15, -0.1) is 0 Å². The van der Waals surface area contributed by atoms with E-state index in [9.17, 15) is 4.79 Å². The van der Waals surface area contributed by atoms with Crippen LogP contribution in [0.5, 0.6) is 0 Å². The van der Waals surface area contributed by atoms with E-state index in [1.165, 1.54) is 11.3 Å². The Morgan fingerprint density at radius 1 is 1.50 bits per heavy atom. The third-order valence-corrected chi connectivity index (χ3v) is 3.02. The molecule has 5 heteroatoms. The summed E-state index contributed by atoms with van der Waals surface area (Å²) in [5.74, 6) is -0.418. The predicted molar refractivity (Wildman–Crippen MR) is 54.7 cm³/mol. The smallest absolute Gasteiger partial charge is 0.260 e. The van der Waals surface area contributed by atoms with Crippen molar-refractivity contribution in [3.8, 4) is 5.13 Å². The summed E-state index contributed by atoms with van der Waals surface area (Å²) in [4.78, 5) is 15.8. The molecule has 0 fully saturated rings. The molecule has 0 saturated heterocycles. The molecule has 2 N–H and O–H groups in total. The molecule has 0 spiro atoms. The van der Waals surface area contributed by atoms with Gasteiger partial charge in [-0.05, 0) is 19.1 Å². The third-order valence-electron chi connectivity index (χ3n) is 1.83. The molecule has 2 aromatic rings. The average molecular weight is 207 g/mol. The molecule has 2 rings (SSSR count). The Bertz CT molecular complexity index is 458. The number of carbonyl (C=O) groups is 1. The van der Waals surface area contributed by atoms with Gasteiger partial charge in [0.15, 0.2) is 5.13 Å². The summed E-state index contributed by atoms with van der Waals surface area (Å²) in [6.07, 6.45) is 3.76. The van der Waals surface area contributed by atoms with E-state index in [0.717, 1.165) is 5.13 Å². The van der Waals surface area contributed by atoms with Crippen molar-refractivity contribution in [3.63, 3.8) is 0 Å². The molecule has 0 aliphatic carbocycles. The van der Waals surface area contributed by atoms with Gasteiger partial charge in [-0.2, -0.15) is 0 Å². The molecule has 0 aliphatic rings. The quantitative estimate of drug-likeness (QED) is 0.807. The Hall–Kier alpha value is -1.62. The zero-order chi connectivity index (χ0) is 10.1. The van der Waals surface area contributed by atoms with Crippen LogP contribution < -0.4 is 5.73 Å². The van der Waals surface area contributed by atoms with E-state index >= 15 is 0 Å². The molecule has 0 unspecified atom stereocenters. The highest BCUT2D eigenvalue weighted by Crippen LogP contribution is 2.20. The number of hydrogen-bond acceptors (Lipinski definition) is 3. The highest BCUT2D eigenvalue weighted by atomic mass is 32.1. The lowest BCUT2D eigenvalue weighted by Crippen LogP contribution is -2.09. The molecule has 14 heavy (non-hydrogen) atoms. The zero-order valence-corrected chi connectivity index (χ0v) is 8.41. The monoisotopic (exact) mass is 207 g/mol. The summed E-state index contributed by atoms with van der Waals surface area (Å²) in [5, 5.41) is 0.765. The van der Waals surface area contributed by atoms with E-state index in [0.29, 0.717) is 10.6 Å². The van der Waals surface area contributed by atoms with Crippen LogP contribution in [0.1, 0.15) is 15.4 Å². The first-order valence-corrected chi connectivity index (χ1v) is 4.90. The molecular formula is C9H9N3OS. The largest absolute Gasteiger partial charge is 0.365 e. The van der Waals surface area contributed by atoms with Gasteiger partial charge in [-0.25, -0.2) is 4.98 Å². The molecule has 0 atom stereocenters. The summed E-state index contributed by atoms with van der Waals surface area (Å²) in [6.45, 7) is 1.78. The van der Waals surface area contributed by atoms with E-state index in [1.54, 1.807) is 6.92 Å². The normalized spacial score (nSPS) is 10.4. The second kappa shape index (κ2) is 3.26. The molecule has 4 nitrogen and oxygen atoms in total. The lowest BCUT2D eigenvalue weighted by Gasteiger charge is -1.92. The Morgan fingerprint density at radius 2 is 2.14 bits per heavy atom. The molecular weight excluding hydrogens is 198 g/mol. The molecule has 0 saturated carbocycles. The fraction of sp³-hybridized carbons (Fsp3) is 0.111. The van der Waals surface area contributed by atoms with Crippen molar-refractivity contribution >= 4 is 17.2 Å². The highest BCUT2D eigenvalue weighted by Gasteiger charge is 2.12. The van der Waals surface area contributed by atoms with Crippen LogP contribution in [0.3, 0.4) is 0 Å². The zero-order valence-electron chi connectivity index (χ0n) is 7.60. The van der Waals surface area contributed by atoms with Crippen molar-refractivity contribution in [3.05, 3.63) is 35.1 Å². The van der Waals surface area contributed by atoms with Crippen molar-refractivity contribution in [1.82, 2.24) is 9.55 Å². The van der Waals surface area contributed by atoms with E-state index in [2.05, 4.69) is 4.98 Å². The maximum Gasteiger partial charge on any atom is 0.260 e. The maximum absolute atomic E-state index is 11.0. The molecule has 0 radical (unpaired) electrons. The van der Waals surface area contributed by atoms with E-state index in [4.69, 9.17) is 5.73 Å². The molecule has 0 aromatic carbocycles. The minimum Gasteiger partial charge on any atom is -0.365 e. The number of nitrogens with zero attached hydrogens (tertiary/aromatic N) is 2. The Kier molecular flexibility index (Phi) is 2.09. The maximum atomic E-state index is 11.0. The lowest BCUT2D eigenvalue weighted by atomic mass is 10.4. The number of aromatic nitrogens is 2. The number of rotatable bonds is 2. The van der Waals surface area contributed by atoms with Crippen molar-refractivity contribution < 1.29 is 4.79 Å². The number of aryl methyl sites for hydroxylation is 1. The van der Waals surface area contributed by atoms with Crippen molar-refractivity contribution in [2.75, 3.05) is 0 Å². The number of carbonyl (C=O) groups excluding carboxylic acids is 1. The van der Waals surface area contributed by atoms with Crippen molar-refractivity contribution in [1.29, 1.82) is 0 Å². The van der Waals surface area contributed by atoms with Gasteiger partial charge in [-0.1, -0.05) is 11.3 Å². The van der Waals surface area contributed by atoms with E-state index in [-0.39, 0.29) is 0 Å². The fourth-order valence-electron chi connectivity index (χ4n) is 1.18. The van der Waals surface area contributed by atoms with Gasteiger partial charge in [0.1, 0.15) is 4.88 Å². The van der Waals surface area contributed by atoms with Crippen LogP contribution in [0.4, 0.5) is 0 Å². The number of thiazole rings is 1. The number of nitrogens with two attached hydrogens (primary N) is 1. The summed E-state index contributed by atoms with van der Waals surface area (Å²) < 4.78 is 1.85. The summed E-state index contributed by atoms with van der Waals surface area (Å²) in [6, 6.07) is 3.81. The van der Waals surface area contributed by atoms with Crippen LogP contribution in [0, 0.1) is 6.92 Å². The lowest BCUT2D eigenvalue weighted by molar-refractivity contribution is 0.100. The Morgan fingerprint density at radius 3 is 2.64 bits per heavy atom. The minimum atomic E-state index is -0.418. The summed E-state index contributed by atoms with van der Waals surface area (Å²) in [7, 11) is 0. The standard InChI is InChI=1S/C9H9N3OS/c1-6-7(8(10)13)14-9(11-6)12-4-2-3-5-12/h2-5H,1H3,(H2,10,13). The van der Waals surface area contributed by atoms with Crippen LogP contribution in [-0.4, -0.2) is 15.5 Å². The van der Waals surface area contributed by atoms with Gasteiger partial charge in [0.05, 0.1) is 5.69 Å². The molecule has 2 heterocycles. The van der Waals surface area contributed by atoms with E-state index in [1.807, 2.05) is 29.1 Å². The SMILES string of the molecule is Cc1nc(-n2cccc2)sc1C(N)=O. The molecule has 0 aliphatic heterocycles. The van der Waals surface area contributed by atoms with E-state index < -0.39 is 5.91 Å². The second-order valence-electron chi connectivity index (χ2n) is 2.87. The molecule has 0 bridgehead atoms. The van der Waals surface area contributed by atoms with Crippen LogP contribution in [-0.2, 0) is 0 Å². The first-order valence-electron chi connectivity index (χ1n) is 4.09. The van der Waals surface area contributed by atoms with Crippen molar-refractivity contribution in [2.45, 2.75) is 6.92 Å². The summed E-state index contributed by atoms with van der Waals surface area (Å²) in [5.41, 5.74) is 5.89. The first kappa shape index (κ1) is 8.96. The highest BCUT2D eigenvalue weighted by molar-refractivity contribution is 7.16. The third kappa shape index (κ3) is 1.42. The van der Waals surface area contributed by atoms with Crippen LogP contribution in [0.2, 0.25) is 0 Å². The van der Waals surface area contributed by atoms with Crippen molar-refractivity contribution in [2.24, 2.45) is 5.73 Å². The molecule has 2 aromatic heterocycles. The Balaban J connectivity index is 2.48. The van der Waals surface area contributed by atoms with Gasteiger partial charge < -0.3 is 10.3 Å². The topological polar surface area (TPSA) is 60.9 Å². The van der Waals surface area contributed by atoms with Crippen LogP contribution in [0.25, 0.3) is 5.13 Å². The molecule has 1 amide bonds. The summed E-state index contributed by atoms with van der Waals surface area (Å²) >= 11 is 1.30. The number of hydrogen-bond donors (Lipinski definition) is 1. The van der Waals surface area contributed by atoms with Crippen LogP contribution in [0.15, 0.2) is 24.5 Å². The molecule has 72 valence electrons. The van der Waals surface area contributed by atoms with Gasteiger partial charge in [0.2, 0.25) is 0 Å². The van der Waals surface area contributed by atoms with Crippen LogP contribution >= 0.6 is 11.3 Å². The Labute approximate surface area is 85.0 Å². The van der Waals surface area contributed by atoms with Gasteiger partial charge in [0.25, 0.3) is 5.91 Å². The van der Waals surface area contributed by atoms with Gasteiger partial charge in [-0.3, -0.25) is 4.79 Å². The fourth-order valence-corrected chi connectivity index (χ4v) is 2.07. The number of amides is 1. The first-order chi connectivity index (χ1) is 6.68. The number of primary amides is 1. The predicted octanol–water partition coefficient (Wildman–Crippen LogP) is 1.34. The average Bonchev–Trinajstić information content (AvgIpc) is 2.70. The van der Waals surface area contributed by atoms with Gasteiger partial charge >= 0.3 is 0 Å².